The molecule has 1 aliphatic heterocycles. The fraction of sp³-hybridized carbons (Fsp3) is 0.444. The summed E-state index contributed by atoms with van der Waals surface area (Å²) in [4.78, 5) is 16.1. The Bertz CT molecular complexity index is 1050. The molecule has 170 valence electrons. The largest absolute Gasteiger partial charge is 0.431 e. The maximum absolute atomic E-state index is 12.9. The summed E-state index contributed by atoms with van der Waals surface area (Å²) in [6.07, 6.45) is -2.59. The number of amides is 1. The number of oxazole rings is 1. The van der Waals surface area contributed by atoms with E-state index < -0.39 is 27.9 Å². The summed E-state index contributed by atoms with van der Waals surface area (Å²) in [5.41, 5.74) is -0.657. The third-order valence-electron chi connectivity index (χ3n) is 4.78. The van der Waals surface area contributed by atoms with Gasteiger partial charge < -0.3 is 14.5 Å². The SMILES string of the molecule is COC1CCCN(S(=O)(=O)NC(=O)c2coc(Nc3cc(C(F)(F)F)ccc3C)n2)C1. The quantitative estimate of drug-likeness (QED) is 0.679. The van der Waals surface area contributed by atoms with Crippen molar-refractivity contribution in [2.45, 2.75) is 32.0 Å². The van der Waals surface area contributed by atoms with Gasteiger partial charge in [0.15, 0.2) is 5.69 Å². The van der Waals surface area contributed by atoms with Gasteiger partial charge in [-0.05, 0) is 37.5 Å². The first-order chi connectivity index (χ1) is 14.5. The highest BCUT2D eigenvalue weighted by Crippen LogP contribution is 2.33. The topological polar surface area (TPSA) is 114 Å². The van der Waals surface area contributed by atoms with Crippen LogP contribution in [0.3, 0.4) is 0 Å². The van der Waals surface area contributed by atoms with Crippen molar-refractivity contribution in [1.82, 2.24) is 14.0 Å². The molecule has 2 heterocycles. The first-order valence-corrected chi connectivity index (χ1v) is 10.7. The lowest BCUT2D eigenvalue weighted by molar-refractivity contribution is -0.137. The van der Waals surface area contributed by atoms with Crippen molar-refractivity contribution in [2.24, 2.45) is 0 Å². The molecule has 1 aliphatic rings. The number of hydrogen-bond donors (Lipinski definition) is 2. The van der Waals surface area contributed by atoms with E-state index in [1.54, 1.807) is 6.92 Å². The van der Waals surface area contributed by atoms with Gasteiger partial charge in [0.25, 0.3) is 11.9 Å². The van der Waals surface area contributed by atoms with Crippen LogP contribution in [0.25, 0.3) is 0 Å². The van der Waals surface area contributed by atoms with E-state index in [1.165, 1.54) is 13.2 Å². The Morgan fingerprint density at radius 3 is 2.77 bits per heavy atom. The number of carbonyl (C=O) groups excluding carboxylic acids is 1. The lowest BCUT2D eigenvalue weighted by Gasteiger charge is -2.30. The number of carbonyl (C=O) groups is 1. The monoisotopic (exact) mass is 462 g/mol. The lowest BCUT2D eigenvalue weighted by atomic mass is 10.1. The van der Waals surface area contributed by atoms with Crippen LogP contribution >= 0.6 is 0 Å². The van der Waals surface area contributed by atoms with E-state index >= 15 is 0 Å². The Labute approximate surface area is 176 Å². The van der Waals surface area contributed by atoms with Crippen molar-refractivity contribution in [3.63, 3.8) is 0 Å². The minimum Gasteiger partial charge on any atom is -0.431 e. The molecule has 2 aromatic rings. The number of piperidine rings is 1. The normalized spacial score (nSPS) is 18.0. The average Bonchev–Trinajstić information content (AvgIpc) is 3.17. The van der Waals surface area contributed by atoms with Gasteiger partial charge in [0.1, 0.15) is 6.26 Å². The molecular formula is C18H21F3N4O5S. The molecule has 0 bridgehead atoms. The molecule has 2 N–H and O–H groups in total. The van der Waals surface area contributed by atoms with Gasteiger partial charge in [0.2, 0.25) is 0 Å². The second-order valence-corrected chi connectivity index (χ2v) is 8.66. The molecule has 1 aromatic heterocycles. The third-order valence-corrected chi connectivity index (χ3v) is 6.23. The summed E-state index contributed by atoms with van der Waals surface area (Å²) in [5, 5.41) is 2.57. The number of benzene rings is 1. The molecular weight excluding hydrogens is 441 g/mol. The number of aromatic nitrogens is 1. The van der Waals surface area contributed by atoms with Crippen molar-refractivity contribution in [3.8, 4) is 0 Å². The zero-order valence-electron chi connectivity index (χ0n) is 16.7. The van der Waals surface area contributed by atoms with Crippen LogP contribution in [0, 0.1) is 6.92 Å². The van der Waals surface area contributed by atoms with Crippen LogP contribution in [-0.4, -0.2) is 49.9 Å². The van der Waals surface area contributed by atoms with E-state index in [-0.39, 0.29) is 36.6 Å². The molecule has 0 saturated carbocycles. The maximum atomic E-state index is 12.9. The molecule has 31 heavy (non-hydrogen) atoms. The summed E-state index contributed by atoms with van der Waals surface area (Å²) < 4.78 is 76.9. The van der Waals surface area contributed by atoms with E-state index in [9.17, 15) is 26.4 Å². The molecule has 1 unspecified atom stereocenters. The third kappa shape index (κ3) is 5.54. The molecule has 0 radical (unpaired) electrons. The predicted molar refractivity (Wildman–Crippen MR) is 104 cm³/mol. The minimum atomic E-state index is -4.53. The highest BCUT2D eigenvalue weighted by Gasteiger charge is 2.32. The Morgan fingerprint density at radius 2 is 2.10 bits per heavy atom. The van der Waals surface area contributed by atoms with Gasteiger partial charge in [-0.15, -0.1) is 0 Å². The average molecular weight is 462 g/mol. The number of alkyl halides is 3. The van der Waals surface area contributed by atoms with Crippen LogP contribution in [0.1, 0.15) is 34.5 Å². The first kappa shape index (κ1) is 23.0. The fourth-order valence-electron chi connectivity index (χ4n) is 3.03. The molecule has 0 spiro atoms. The van der Waals surface area contributed by atoms with Gasteiger partial charge in [-0.3, -0.25) is 4.79 Å². The molecule has 1 atom stereocenters. The minimum absolute atomic E-state index is 0.0789. The van der Waals surface area contributed by atoms with E-state index in [0.29, 0.717) is 18.4 Å². The van der Waals surface area contributed by atoms with Crippen molar-refractivity contribution in [1.29, 1.82) is 0 Å². The molecule has 1 saturated heterocycles. The number of rotatable bonds is 6. The molecule has 13 heteroatoms. The standard InChI is InChI=1S/C18H21F3N4O5S/c1-11-5-6-12(18(19,20)21)8-14(11)22-17-23-15(10-30-17)16(26)24-31(27,28)25-7-3-4-13(9-25)29-2/h5-6,8,10,13H,3-4,7,9H2,1-2H3,(H,22,23)(H,24,26). The number of methoxy groups -OCH3 is 1. The first-order valence-electron chi connectivity index (χ1n) is 9.25. The Hall–Kier alpha value is -2.64. The number of anilines is 2. The van der Waals surface area contributed by atoms with Crippen molar-refractivity contribution < 1.29 is 35.5 Å². The number of ether oxygens (including phenoxy) is 1. The van der Waals surface area contributed by atoms with Crippen LogP contribution in [-0.2, 0) is 21.1 Å². The predicted octanol–water partition coefficient (Wildman–Crippen LogP) is 2.83. The van der Waals surface area contributed by atoms with Crippen LogP contribution in [0.2, 0.25) is 0 Å². The van der Waals surface area contributed by atoms with E-state index in [0.717, 1.165) is 22.7 Å². The summed E-state index contributed by atoms with van der Waals surface area (Å²) in [7, 11) is -2.64. The zero-order chi connectivity index (χ0) is 22.8. The Morgan fingerprint density at radius 1 is 1.35 bits per heavy atom. The molecule has 9 nitrogen and oxygen atoms in total. The number of nitrogens with one attached hydrogen (secondary N) is 2. The highest BCUT2D eigenvalue weighted by molar-refractivity contribution is 7.87. The van der Waals surface area contributed by atoms with Crippen molar-refractivity contribution in [3.05, 3.63) is 41.3 Å². The highest BCUT2D eigenvalue weighted by atomic mass is 32.2. The van der Waals surface area contributed by atoms with E-state index in [1.807, 2.05) is 4.72 Å². The Kier molecular flexibility index (Phi) is 6.57. The van der Waals surface area contributed by atoms with Gasteiger partial charge in [-0.25, -0.2) is 4.72 Å². The summed E-state index contributed by atoms with van der Waals surface area (Å²) in [5.74, 6) is -1.03. The van der Waals surface area contributed by atoms with Crippen molar-refractivity contribution in [2.75, 3.05) is 25.5 Å². The van der Waals surface area contributed by atoms with Gasteiger partial charge in [-0.2, -0.15) is 30.9 Å². The van der Waals surface area contributed by atoms with Crippen LogP contribution in [0.5, 0.6) is 0 Å². The zero-order valence-corrected chi connectivity index (χ0v) is 17.5. The van der Waals surface area contributed by atoms with Crippen LogP contribution < -0.4 is 10.0 Å². The number of hydrogen-bond acceptors (Lipinski definition) is 7. The summed E-state index contributed by atoms with van der Waals surface area (Å²) >= 11 is 0. The van der Waals surface area contributed by atoms with E-state index in [2.05, 4.69) is 10.3 Å². The summed E-state index contributed by atoms with van der Waals surface area (Å²) in [6, 6.07) is 2.84. The fourth-order valence-corrected chi connectivity index (χ4v) is 4.23. The van der Waals surface area contributed by atoms with Gasteiger partial charge in [0.05, 0.1) is 11.7 Å². The molecule has 1 amide bonds. The van der Waals surface area contributed by atoms with Crippen LogP contribution in [0.15, 0.2) is 28.9 Å². The number of aryl methyl sites for hydroxylation is 1. The smallest absolute Gasteiger partial charge is 0.416 e. The summed E-state index contributed by atoms with van der Waals surface area (Å²) in [6.45, 7) is 1.93. The number of halogens is 3. The van der Waals surface area contributed by atoms with Crippen LogP contribution in [0.4, 0.5) is 24.9 Å². The maximum Gasteiger partial charge on any atom is 0.416 e. The molecule has 0 aliphatic carbocycles. The number of nitrogens with zero attached hydrogens (tertiary/aromatic N) is 2. The Balaban J connectivity index is 1.70. The van der Waals surface area contributed by atoms with Gasteiger partial charge in [-0.1, -0.05) is 6.07 Å². The van der Waals surface area contributed by atoms with E-state index in [4.69, 9.17) is 9.15 Å². The second-order valence-electron chi connectivity index (χ2n) is 6.98. The van der Waals surface area contributed by atoms with Crippen molar-refractivity contribution >= 4 is 27.8 Å². The lowest BCUT2D eigenvalue weighted by Crippen LogP contribution is -2.49. The molecule has 3 rings (SSSR count). The molecule has 1 aromatic carbocycles. The second kappa shape index (κ2) is 8.85. The van der Waals surface area contributed by atoms with Gasteiger partial charge in [0, 0.05) is 25.9 Å². The molecule has 1 fully saturated rings. The van der Waals surface area contributed by atoms with Gasteiger partial charge >= 0.3 is 16.4 Å².